The van der Waals surface area contributed by atoms with Gasteiger partial charge in [0.1, 0.15) is 5.82 Å². The molecule has 3 rings (SSSR count). The van der Waals surface area contributed by atoms with E-state index in [0.717, 1.165) is 50.0 Å². The average Bonchev–Trinajstić information content (AvgIpc) is 3.15. The second-order valence-electron chi connectivity index (χ2n) is 7.28. The molecule has 1 aliphatic heterocycles. The molecule has 1 fully saturated rings. The molecule has 0 amide bonds. The van der Waals surface area contributed by atoms with Gasteiger partial charge in [-0.15, -0.1) is 0 Å². The maximum Gasteiger partial charge on any atom is 0.226 e. The Balaban J connectivity index is 1.57. The number of aryl methyl sites for hydroxylation is 2. The smallest absolute Gasteiger partial charge is 0.226 e. The van der Waals surface area contributed by atoms with Crippen LogP contribution in [0.15, 0.2) is 16.9 Å². The van der Waals surface area contributed by atoms with Crippen LogP contribution in [0, 0.1) is 12.8 Å². The molecule has 24 heavy (non-hydrogen) atoms. The van der Waals surface area contributed by atoms with Crippen LogP contribution in [0.25, 0.3) is 0 Å². The lowest BCUT2D eigenvalue weighted by molar-refractivity contribution is 0.123. The zero-order chi connectivity index (χ0) is 16.9. The fourth-order valence-corrected chi connectivity index (χ4v) is 3.49. The van der Waals surface area contributed by atoms with Crippen LogP contribution in [0.1, 0.15) is 57.1 Å². The highest BCUT2D eigenvalue weighted by atomic mass is 16.5. The van der Waals surface area contributed by atoms with Crippen molar-refractivity contribution in [2.24, 2.45) is 5.92 Å². The second-order valence-corrected chi connectivity index (χ2v) is 7.28. The van der Waals surface area contributed by atoms with Crippen molar-refractivity contribution in [3.05, 3.63) is 29.9 Å². The van der Waals surface area contributed by atoms with E-state index >= 15 is 0 Å². The van der Waals surface area contributed by atoms with Gasteiger partial charge in [0.25, 0.3) is 0 Å². The van der Waals surface area contributed by atoms with Gasteiger partial charge in [-0.1, -0.05) is 25.4 Å². The standard InChI is InChI=1S/C18H29N5O/c1-14(2)12-18-20-17(21-24-18)13-23-9-5-4-6-16(23)7-10-22-11-8-19-15(22)3/h8,11,14,16H,4-7,9-10,12-13H2,1-3H3. The summed E-state index contributed by atoms with van der Waals surface area (Å²) in [5.41, 5.74) is 0. The summed E-state index contributed by atoms with van der Waals surface area (Å²) < 4.78 is 7.62. The van der Waals surface area contributed by atoms with E-state index < -0.39 is 0 Å². The largest absolute Gasteiger partial charge is 0.339 e. The Hall–Kier alpha value is -1.69. The van der Waals surface area contributed by atoms with Crippen LogP contribution < -0.4 is 0 Å². The third kappa shape index (κ3) is 4.44. The number of piperidine rings is 1. The molecule has 1 unspecified atom stereocenters. The lowest BCUT2D eigenvalue weighted by atomic mass is 9.99. The molecule has 0 spiro atoms. The fourth-order valence-electron chi connectivity index (χ4n) is 3.49. The first kappa shape index (κ1) is 17.1. The topological polar surface area (TPSA) is 60.0 Å². The first-order valence-corrected chi connectivity index (χ1v) is 9.15. The van der Waals surface area contributed by atoms with Crippen LogP contribution in [-0.2, 0) is 19.5 Å². The molecule has 0 radical (unpaired) electrons. The first-order valence-electron chi connectivity index (χ1n) is 9.15. The molecule has 1 atom stereocenters. The molecule has 0 aromatic carbocycles. The van der Waals surface area contributed by atoms with E-state index in [1.165, 1.54) is 19.3 Å². The molecular formula is C18H29N5O. The SMILES string of the molecule is Cc1nccn1CCC1CCCCN1Cc1noc(CC(C)C)n1. The Labute approximate surface area is 144 Å². The molecular weight excluding hydrogens is 302 g/mol. The summed E-state index contributed by atoms with van der Waals surface area (Å²) >= 11 is 0. The van der Waals surface area contributed by atoms with E-state index in [4.69, 9.17) is 4.52 Å². The van der Waals surface area contributed by atoms with Crippen molar-refractivity contribution in [1.29, 1.82) is 0 Å². The molecule has 0 bridgehead atoms. The molecule has 0 N–H and O–H groups in total. The Morgan fingerprint density at radius 3 is 2.96 bits per heavy atom. The van der Waals surface area contributed by atoms with Crippen molar-refractivity contribution >= 4 is 0 Å². The average molecular weight is 331 g/mol. The molecule has 132 valence electrons. The Kier molecular flexibility index (Phi) is 5.66. The van der Waals surface area contributed by atoms with Crippen molar-refractivity contribution in [3.63, 3.8) is 0 Å². The van der Waals surface area contributed by atoms with Gasteiger partial charge in [0.05, 0.1) is 6.54 Å². The maximum absolute atomic E-state index is 5.39. The number of rotatable bonds is 7. The van der Waals surface area contributed by atoms with Crippen molar-refractivity contribution in [2.75, 3.05) is 6.54 Å². The molecule has 2 aromatic heterocycles. The Bertz CT molecular complexity index is 633. The summed E-state index contributed by atoms with van der Waals surface area (Å²) in [6.45, 7) is 9.36. The van der Waals surface area contributed by atoms with Gasteiger partial charge < -0.3 is 9.09 Å². The minimum absolute atomic E-state index is 0.541. The Morgan fingerprint density at radius 1 is 1.33 bits per heavy atom. The third-order valence-corrected chi connectivity index (χ3v) is 4.81. The van der Waals surface area contributed by atoms with Gasteiger partial charge in [-0.2, -0.15) is 4.98 Å². The van der Waals surface area contributed by atoms with Crippen molar-refractivity contribution in [2.45, 2.75) is 72.0 Å². The van der Waals surface area contributed by atoms with Crippen LogP contribution in [0.4, 0.5) is 0 Å². The predicted octanol–water partition coefficient (Wildman–Crippen LogP) is 3.22. The molecule has 6 nitrogen and oxygen atoms in total. The normalized spacial score (nSPS) is 19.2. The number of hydrogen-bond donors (Lipinski definition) is 0. The molecule has 0 saturated carbocycles. The summed E-state index contributed by atoms with van der Waals surface area (Å²) in [7, 11) is 0. The first-order chi connectivity index (χ1) is 11.6. The van der Waals surface area contributed by atoms with Crippen LogP contribution >= 0.6 is 0 Å². The van der Waals surface area contributed by atoms with Crippen LogP contribution in [0.3, 0.4) is 0 Å². The van der Waals surface area contributed by atoms with Gasteiger partial charge in [-0.25, -0.2) is 4.98 Å². The van der Waals surface area contributed by atoms with Gasteiger partial charge in [-0.3, -0.25) is 4.90 Å². The highest BCUT2D eigenvalue weighted by Crippen LogP contribution is 2.22. The number of aromatic nitrogens is 4. The quantitative estimate of drug-likeness (QED) is 0.779. The van der Waals surface area contributed by atoms with E-state index in [-0.39, 0.29) is 0 Å². The monoisotopic (exact) mass is 331 g/mol. The number of hydrogen-bond acceptors (Lipinski definition) is 5. The molecule has 1 aliphatic rings. The van der Waals surface area contributed by atoms with Gasteiger partial charge >= 0.3 is 0 Å². The summed E-state index contributed by atoms with van der Waals surface area (Å²) in [4.78, 5) is 11.4. The third-order valence-electron chi connectivity index (χ3n) is 4.81. The van der Waals surface area contributed by atoms with Crippen molar-refractivity contribution in [3.8, 4) is 0 Å². The van der Waals surface area contributed by atoms with Gasteiger partial charge in [0.2, 0.25) is 5.89 Å². The van der Waals surface area contributed by atoms with E-state index in [2.05, 4.69) is 51.6 Å². The Morgan fingerprint density at radius 2 is 2.21 bits per heavy atom. The summed E-state index contributed by atoms with van der Waals surface area (Å²) in [5, 5.41) is 4.18. The van der Waals surface area contributed by atoms with E-state index in [0.29, 0.717) is 12.0 Å². The summed E-state index contributed by atoms with van der Waals surface area (Å²) in [5.74, 6) is 3.23. The van der Waals surface area contributed by atoms with E-state index in [1.807, 2.05) is 6.20 Å². The van der Waals surface area contributed by atoms with Gasteiger partial charge in [-0.05, 0) is 38.6 Å². The lowest BCUT2D eigenvalue weighted by Crippen LogP contribution is -2.39. The number of nitrogens with zero attached hydrogens (tertiary/aromatic N) is 5. The summed E-state index contributed by atoms with van der Waals surface area (Å²) in [6, 6.07) is 0.590. The lowest BCUT2D eigenvalue weighted by Gasteiger charge is -2.35. The highest BCUT2D eigenvalue weighted by Gasteiger charge is 2.24. The second kappa shape index (κ2) is 7.92. The highest BCUT2D eigenvalue weighted by molar-refractivity contribution is 4.91. The van der Waals surface area contributed by atoms with E-state index in [1.54, 1.807) is 0 Å². The molecule has 2 aromatic rings. The molecule has 1 saturated heterocycles. The predicted molar refractivity (Wildman–Crippen MR) is 92.5 cm³/mol. The number of likely N-dealkylation sites (tertiary alicyclic amines) is 1. The summed E-state index contributed by atoms with van der Waals surface area (Å²) in [6.07, 6.45) is 9.78. The van der Waals surface area contributed by atoms with Crippen LogP contribution in [0.2, 0.25) is 0 Å². The van der Waals surface area contributed by atoms with Gasteiger partial charge in [0.15, 0.2) is 5.82 Å². The maximum atomic E-state index is 5.39. The fraction of sp³-hybridized carbons (Fsp3) is 0.722. The van der Waals surface area contributed by atoms with E-state index in [9.17, 15) is 0 Å². The molecule has 3 heterocycles. The van der Waals surface area contributed by atoms with Gasteiger partial charge in [0, 0.05) is 31.4 Å². The zero-order valence-electron chi connectivity index (χ0n) is 15.1. The molecule has 0 aliphatic carbocycles. The van der Waals surface area contributed by atoms with Crippen LogP contribution in [0.5, 0.6) is 0 Å². The molecule has 6 heteroatoms. The number of imidazole rings is 1. The minimum Gasteiger partial charge on any atom is -0.339 e. The zero-order valence-corrected chi connectivity index (χ0v) is 15.1. The van der Waals surface area contributed by atoms with Crippen LogP contribution in [-0.4, -0.2) is 37.2 Å². The minimum atomic E-state index is 0.541. The van der Waals surface area contributed by atoms with Crippen molar-refractivity contribution in [1.82, 2.24) is 24.6 Å². The van der Waals surface area contributed by atoms with Crippen molar-refractivity contribution < 1.29 is 4.52 Å².